The van der Waals surface area contributed by atoms with Crippen LogP contribution in [0.3, 0.4) is 0 Å². The first-order chi connectivity index (χ1) is 11.7. The van der Waals surface area contributed by atoms with Gasteiger partial charge in [-0.2, -0.15) is 0 Å². The highest BCUT2D eigenvalue weighted by Gasteiger charge is 2.29. The quantitative estimate of drug-likeness (QED) is 0.793. The van der Waals surface area contributed by atoms with Crippen molar-refractivity contribution in [1.29, 1.82) is 0 Å². The third kappa shape index (κ3) is 3.73. The predicted molar refractivity (Wildman–Crippen MR) is 87.2 cm³/mol. The number of para-hydroxylation sites is 1. The van der Waals surface area contributed by atoms with Crippen LogP contribution in [0.5, 0.6) is 0 Å². The third-order valence-corrected chi connectivity index (χ3v) is 4.74. The molecule has 0 aliphatic carbocycles. The number of aryl methyl sites for hydroxylation is 1. The lowest BCUT2D eigenvalue weighted by molar-refractivity contribution is -0.146. The van der Waals surface area contributed by atoms with E-state index in [4.69, 9.17) is 4.74 Å². The number of thioether (sulfide) groups is 1. The van der Waals surface area contributed by atoms with Gasteiger partial charge in [-0.05, 0) is 29.0 Å². The molecule has 2 heterocycles. The lowest BCUT2D eigenvalue weighted by Gasteiger charge is -2.23. The van der Waals surface area contributed by atoms with Crippen LogP contribution in [0.4, 0.5) is 5.69 Å². The van der Waals surface area contributed by atoms with Crippen molar-refractivity contribution in [2.24, 2.45) is 0 Å². The number of nitrogens with one attached hydrogen (secondary N) is 1. The normalized spacial score (nSPS) is 16.4. The molecular weight excluding hydrogens is 330 g/mol. The van der Waals surface area contributed by atoms with E-state index in [1.165, 1.54) is 11.8 Å². The van der Waals surface area contributed by atoms with E-state index in [-0.39, 0.29) is 18.9 Å². The van der Waals surface area contributed by atoms with Gasteiger partial charge < -0.3 is 10.1 Å². The lowest BCUT2D eigenvalue weighted by atomic mass is 10.2. The van der Waals surface area contributed by atoms with Crippen LogP contribution in [0.25, 0.3) is 0 Å². The van der Waals surface area contributed by atoms with Crippen molar-refractivity contribution in [3.05, 3.63) is 30.1 Å². The second kappa shape index (κ2) is 7.43. The Bertz CT molecular complexity index is 748. The molecule has 0 saturated carbocycles. The number of tetrazole rings is 1. The summed E-state index contributed by atoms with van der Waals surface area (Å²) in [5.74, 6) is -0.143. The fraction of sp³-hybridized carbons (Fsp3) is 0.400. The summed E-state index contributed by atoms with van der Waals surface area (Å²) in [7, 11) is 0. The van der Waals surface area contributed by atoms with E-state index in [9.17, 15) is 9.59 Å². The fourth-order valence-electron chi connectivity index (χ4n) is 2.29. The maximum Gasteiger partial charge on any atom is 0.307 e. The van der Waals surface area contributed by atoms with E-state index in [2.05, 4.69) is 20.8 Å². The summed E-state index contributed by atoms with van der Waals surface area (Å²) in [6, 6.07) is 7.50. The summed E-state index contributed by atoms with van der Waals surface area (Å²) in [6.07, 6.45) is 0.879. The van der Waals surface area contributed by atoms with E-state index < -0.39 is 11.2 Å². The molecule has 0 spiro atoms. The Hall–Kier alpha value is -2.42. The number of benzene rings is 1. The molecule has 0 radical (unpaired) electrons. The minimum atomic E-state index is -0.501. The van der Waals surface area contributed by atoms with E-state index in [0.717, 1.165) is 17.0 Å². The van der Waals surface area contributed by atoms with Crippen LogP contribution in [0.2, 0.25) is 0 Å². The molecule has 1 aromatic heterocycles. The Morgan fingerprint density at radius 2 is 2.25 bits per heavy atom. The van der Waals surface area contributed by atoms with Gasteiger partial charge in [0.1, 0.15) is 0 Å². The molecule has 8 nitrogen and oxygen atoms in total. The Labute approximate surface area is 142 Å². The molecular formula is C15H17N5O3S. The molecule has 1 aliphatic rings. The van der Waals surface area contributed by atoms with Crippen molar-refractivity contribution in [3.63, 3.8) is 0 Å². The van der Waals surface area contributed by atoms with Crippen molar-refractivity contribution in [2.45, 2.75) is 43.1 Å². The van der Waals surface area contributed by atoms with Gasteiger partial charge in [0.2, 0.25) is 5.91 Å². The van der Waals surface area contributed by atoms with Crippen molar-refractivity contribution < 1.29 is 14.3 Å². The molecule has 9 heteroatoms. The number of anilines is 1. The molecule has 0 saturated heterocycles. The maximum absolute atomic E-state index is 12.1. The van der Waals surface area contributed by atoms with Gasteiger partial charge in [0.05, 0.1) is 17.4 Å². The molecule has 126 valence electrons. The topological polar surface area (TPSA) is 99.0 Å². The number of hydrogen-bond acceptors (Lipinski definition) is 7. The number of carbonyl (C=O) groups excluding carboxylic acids is 2. The van der Waals surface area contributed by atoms with Crippen LogP contribution in [0, 0.1) is 0 Å². The van der Waals surface area contributed by atoms with Gasteiger partial charge in [0.25, 0.3) is 0 Å². The Balaban J connectivity index is 1.55. The number of rotatable bonds is 6. The Morgan fingerprint density at radius 1 is 1.42 bits per heavy atom. The van der Waals surface area contributed by atoms with Crippen LogP contribution >= 0.6 is 11.8 Å². The van der Waals surface area contributed by atoms with Gasteiger partial charge >= 0.3 is 5.97 Å². The summed E-state index contributed by atoms with van der Waals surface area (Å²) in [4.78, 5) is 25.1. The number of hydrogen-bond donors (Lipinski definition) is 1. The first-order valence-electron chi connectivity index (χ1n) is 7.64. The highest BCUT2D eigenvalue weighted by atomic mass is 32.2. The van der Waals surface area contributed by atoms with Crippen molar-refractivity contribution in [2.75, 3.05) is 5.32 Å². The van der Waals surface area contributed by atoms with E-state index in [0.29, 0.717) is 12.4 Å². The minimum absolute atomic E-state index is 0.000176. The standard InChI is InChI=1S/C15H17N5O3S/c1-2-7-20-13(17-18-19-20)9-23-14(21)8-12-15(22)16-10-5-3-4-6-11(10)24-12/h3-6,12H,2,7-9H2,1H3,(H,16,22)/t12-/m1/s1. The van der Waals surface area contributed by atoms with Crippen molar-refractivity contribution in [1.82, 2.24) is 20.2 Å². The zero-order valence-corrected chi connectivity index (χ0v) is 14.0. The second-order valence-electron chi connectivity index (χ2n) is 5.27. The zero-order valence-electron chi connectivity index (χ0n) is 13.1. The van der Waals surface area contributed by atoms with Crippen LogP contribution in [0.15, 0.2) is 29.2 Å². The molecule has 2 aromatic rings. The number of carbonyl (C=O) groups is 2. The summed E-state index contributed by atoms with van der Waals surface area (Å²) in [6.45, 7) is 2.67. The smallest absolute Gasteiger partial charge is 0.307 e. The van der Waals surface area contributed by atoms with E-state index in [1.54, 1.807) is 4.68 Å². The van der Waals surface area contributed by atoms with Gasteiger partial charge in [-0.25, -0.2) is 4.68 Å². The maximum atomic E-state index is 12.1. The van der Waals surface area contributed by atoms with Gasteiger partial charge in [-0.15, -0.1) is 16.9 Å². The highest BCUT2D eigenvalue weighted by molar-refractivity contribution is 8.01. The molecule has 3 rings (SSSR count). The molecule has 0 bridgehead atoms. The molecule has 1 N–H and O–H groups in total. The molecule has 1 atom stereocenters. The molecule has 0 fully saturated rings. The summed E-state index contributed by atoms with van der Waals surface area (Å²) in [5, 5.41) is 13.6. The molecule has 1 amide bonds. The number of aromatic nitrogens is 4. The minimum Gasteiger partial charge on any atom is -0.457 e. The van der Waals surface area contributed by atoms with Crippen LogP contribution in [0.1, 0.15) is 25.6 Å². The number of ether oxygens (including phenoxy) is 1. The molecule has 0 unspecified atom stereocenters. The van der Waals surface area contributed by atoms with E-state index in [1.807, 2.05) is 31.2 Å². The third-order valence-electron chi connectivity index (χ3n) is 3.46. The predicted octanol–water partition coefficient (Wildman–Crippen LogP) is 1.63. The molecule has 1 aromatic carbocycles. The van der Waals surface area contributed by atoms with Crippen molar-refractivity contribution >= 4 is 29.3 Å². The first kappa shape index (κ1) is 16.4. The summed E-state index contributed by atoms with van der Waals surface area (Å²) >= 11 is 1.37. The molecule has 24 heavy (non-hydrogen) atoms. The van der Waals surface area contributed by atoms with Gasteiger partial charge in [0.15, 0.2) is 12.4 Å². The van der Waals surface area contributed by atoms with Gasteiger partial charge in [0, 0.05) is 11.4 Å². The average molecular weight is 347 g/mol. The Kier molecular flexibility index (Phi) is 5.09. The number of amides is 1. The summed E-state index contributed by atoms with van der Waals surface area (Å²) in [5.41, 5.74) is 0.774. The summed E-state index contributed by atoms with van der Waals surface area (Å²) < 4.78 is 6.82. The van der Waals surface area contributed by atoms with Crippen LogP contribution in [-0.2, 0) is 27.5 Å². The largest absolute Gasteiger partial charge is 0.457 e. The SMILES string of the molecule is CCCn1nnnc1COC(=O)C[C@H]1Sc2ccccc2NC1=O. The van der Waals surface area contributed by atoms with Crippen LogP contribution in [-0.4, -0.2) is 37.3 Å². The Morgan fingerprint density at radius 3 is 3.08 bits per heavy atom. The zero-order chi connectivity index (χ0) is 16.9. The monoisotopic (exact) mass is 347 g/mol. The number of nitrogens with zero attached hydrogens (tertiary/aromatic N) is 4. The highest BCUT2D eigenvalue weighted by Crippen LogP contribution is 2.36. The first-order valence-corrected chi connectivity index (χ1v) is 8.52. The van der Waals surface area contributed by atoms with Crippen molar-refractivity contribution in [3.8, 4) is 0 Å². The molecule has 1 aliphatic heterocycles. The average Bonchev–Trinajstić information content (AvgIpc) is 3.01. The van der Waals surface area contributed by atoms with Gasteiger partial charge in [-0.1, -0.05) is 19.1 Å². The second-order valence-corrected chi connectivity index (χ2v) is 6.52. The fourth-order valence-corrected chi connectivity index (χ4v) is 3.39. The van der Waals surface area contributed by atoms with E-state index >= 15 is 0 Å². The number of esters is 1. The number of fused-ring (bicyclic) bond motifs is 1. The lowest BCUT2D eigenvalue weighted by Crippen LogP contribution is -2.31. The van der Waals surface area contributed by atoms with Gasteiger partial charge in [-0.3, -0.25) is 9.59 Å². The van der Waals surface area contributed by atoms with Crippen LogP contribution < -0.4 is 5.32 Å².